The summed E-state index contributed by atoms with van der Waals surface area (Å²) in [5.41, 5.74) is 1.73. The molecule has 0 aromatic heterocycles. The van der Waals surface area contributed by atoms with Gasteiger partial charge < -0.3 is 5.32 Å². The second kappa shape index (κ2) is 6.80. The summed E-state index contributed by atoms with van der Waals surface area (Å²) in [7, 11) is 0. The van der Waals surface area contributed by atoms with Gasteiger partial charge in [0.2, 0.25) is 0 Å². The summed E-state index contributed by atoms with van der Waals surface area (Å²) >= 11 is 3.41. The minimum atomic E-state index is 0.652. The lowest BCUT2D eigenvalue weighted by Gasteiger charge is -2.25. The Balaban J connectivity index is 2.69. The third-order valence-electron chi connectivity index (χ3n) is 3.34. The van der Waals surface area contributed by atoms with Crippen LogP contribution in [-0.2, 0) is 0 Å². The average Bonchev–Trinajstić information content (AvgIpc) is 2.28. The zero-order valence-electron chi connectivity index (χ0n) is 11.5. The van der Waals surface area contributed by atoms with Gasteiger partial charge in [0.15, 0.2) is 0 Å². The van der Waals surface area contributed by atoms with E-state index >= 15 is 0 Å². The van der Waals surface area contributed by atoms with Crippen LogP contribution in [0.25, 0.3) is 0 Å². The number of benzene rings is 1. The second-order valence-corrected chi connectivity index (χ2v) is 6.19. The lowest BCUT2D eigenvalue weighted by atomic mass is 9.85. The molecule has 0 spiro atoms. The van der Waals surface area contributed by atoms with Gasteiger partial charge in [-0.1, -0.05) is 27.7 Å². The summed E-state index contributed by atoms with van der Waals surface area (Å²) in [4.78, 5) is 0. The van der Waals surface area contributed by atoms with Crippen molar-refractivity contribution in [1.82, 2.24) is 0 Å². The van der Waals surface area contributed by atoms with Crippen LogP contribution in [0.5, 0.6) is 0 Å². The van der Waals surface area contributed by atoms with Crippen LogP contribution < -0.4 is 5.32 Å². The van der Waals surface area contributed by atoms with E-state index < -0.39 is 0 Å². The maximum absolute atomic E-state index is 8.87. The Hall–Kier alpha value is -1.01. The molecule has 0 heterocycles. The quantitative estimate of drug-likeness (QED) is 0.858. The van der Waals surface area contributed by atoms with Gasteiger partial charge in [0.1, 0.15) is 6.07 Å². The SMILES string of the molecule is CC(C)C(CNc1ccc(C#N)c(Br)c1)C(C)C. The van der Waals surface area contributed by atoms with E-state index in [-0.39, 0.29) is 0 Å². The third-order valence-corrected chi connectivity index (χ3v) is 4.00. The molecule has 2 nitrogen and oxygen atoms in total. The highest BCUT2D eigenvalue weighted by atomic mass is 79.9. The van der Waals surface area contributed by atoms with Crippen molar-refractivity contribution in [3.05, 3.63) is 28.2 Å². The van der Waals surface area contributed by atoms with Crippen molar-refractivity contribution in [2.75, 3.05) is 11.9 Å². The molecular weight excluding hydrogens is 288 g/mol. The van der Waals surface area contributed by atoms with Gasteiger partial charge in [0.25, 0.3) is 0 Å². The van der Waals surface area contributed by atoms with E-state index in [1.165, 1.54) is 0 Å². The zero-order valence-corrected chi connectivity index (χ0v) is 13.1. The van der Waals surface area contributed by atoms with Crippen molar-refractivity contribution in [2.45, 2.75) is 27.7 Å². The minimum absolute atomic E-state index is 0.652. The molecule has 0 unspecified atom stereocenters. The van der Waals surface area contributed by atoms with Gasteiger partial charge in [-0.15, -0.1) is 0 Å². The van der Waals surface area contributed by atoms with Crippen LogP contribution in [-0.4, -0.2) is 6.54 Å². The number of nitrogens with zero attached hydrogens (tertiary/aromatic N) is 1. The van der Waals surface area contributed by atoms with Crippen molar-refractivity contribution in [2.24, 2.45) is 17.8 Å². The summed E-state index contributed by atoms with van der Waals surface area (Å²) in [6.07, 6.45) is 0. The van der Waals surface area contributed by atoms with E-state index in [1.807, 2.05) is 18.2 Å². The van der Waals surface area contributed by atoms with E-state index in [4.69, 9.17) is 5.26 Å². The van der Waals surface area contributed by atoms with E-state index in [2.05, 4.69) is 55.0 Å². The summed E-state index contributed by atoms with van der Waals surface area (Å²) in [6, 6.07) is 7.92. The average molecular weight is 309 g/mol. The first-order chi connectivity index (χ1) is 8.45. The topological polar surface area (TPSA) is 35.8 Å². The van der Waals surface area contributed by atoms with Gasteiger partial charge in [-0.3, -0.25) is 0 Å². The fourth-order valence-corrected chi connectivity index (χ4v) is 2.66. The summed E-state index contributed by atoms with van der Waals surface area (Å²) < 4.78 is 0.848. The van der Waals surface area contributed by atoms with Crippen LogP contribution in [0.1, 0.15) is 33.3 Å². The fourth-order valence-electron chi connectivity index (χ4n) is 2.19. The number of rotatable bonds is 5. The molecule has 0 aliphatic rings. The Bertz CT molecular complexity index is 425. The molecule has 1 aromatic carbocycles. The molecule has 0 aliphatic carbocycles. The maximum atomic E-state index is 8.87. The molecule has 0 amide bonds. The van der Waals surface area contributed by atoms with E-state index in [0.29, 0.717) is 23.3 Å². The van der Waals surface area contributed by atoms with Crippen LogP contribution in [0.15, 0.2) is 22.7 Å². The first-order valence-electron chi connectivity index (χ1n) is 6.39. The molecule has 0 bridgehead atoms. The molecule has 18 heavy (non-hydrogen) atoms. The molecule has 3 heteroatoms. The predicted molar refractivity (Wildman–Crippen MR) is 80.5 cm³/mol. The van der Waals surface area contributed by atoms with Crippen LogP contribution in [0.3, 0.4) is 0 Å². The monoisotopic (exact) mass is 308 g/mol. The summed E-state index contributed by atoms with van der Waals surface area (Å²) in [5.74, 6) is 1.98. The van der Waals surface area contributed by atoms with Crippen molar-refractivity contribution in [1.29, 1.82) is 5.26 Å². The van der Waals surface area contributed by atoms with Crippen molar-refractivity contribution >= 4 is 21.6 Å². The van der Waals surface area contributed by atoms with Crippen molar-refractivity contribution < 1.29 is 0 Å². The Morgan fingerprint density at radius 2 is 1.83 bits per heavy atom. The van der Waals surface area contributed by atoms with Crippen LogP contribution in [0.4, 0.5) is 5.69 Å². The van der Waals surface area contributed by atoms with Crippen molar-refractivity contribution in [3.63, 3.8) is 0 Å². The van der Waals surface area contributed by atoms with Gasteiger partial charge in [0, 0.05) is 16.7 Å². The second-order valence-electron chi connectivity index (χ2n) is 5.34. The number of anilines is 1. The first kappa shape index (κ1) is 15.0. The van der Waals surface area contributed by atoms with Gasteiger partial charge in [-0.2, -0.15) is 5.26 Å². The molecular formula is C15H21BrN2. The lowest BCUT2D eigenvalue weighted by Crippen LogP contribution is -2.24. The van der Waals surface area contributed by atoms with Gasteiger partial charge >= 0.3 is 0 Å². The first-order valence-corrected chi connectivity index (χ1v) is 7.18. The van der Waals surface area contributed by atoms with Crippen molar-refractivity contribution in [3.8, 4) is 6.07 Å². The van der Waals surface area contributed by atoms with E-state index in [9.17, 15) is 0 Å². The van der Waals surface area contributed by atoms with E-state index in [1.54, 1.807) is 0 Å². The number of nitriles is 1. The Morgan fingerprint density at radius 1 is 1.22 bits per heavy atom. The third kappa shape index (κ3) is 4.03. The standard InChI is InChI=1S/C15H21BrN2/c1-10(2)14(11(3)4)9-18-13-6-5-12(8-17)15(16)7-13/h5-7,10-11,14,18H,9H2,1-4H3. The molecule has 1 rings (SSSR count). The smallest absolute Gasteiger partial charge is 0.100 e. The maximum Gasteiger partial charge on any atom is 0.100 e. The summed E-state index contributed by atoms with van der Waals surface area (Å²) in [5, 5.41) is 12.3. The van der Waals surface area contributed by atoms with Gasteiger partial charge in [0.05, 0.1) is 5.56 Å². The number of hydrogen-bond acceptors (Lipinski definition) is 2. The molecule has 1 aromatic rings. The largest absolute Gasteiger partial charge is 0.385 e. The molecule has 0 fully saturated rings. The number of hydrogen-bond donors (Lipinski definition) is 1. The normalized spacial score (nSPS) is 11.1. The Labute approximate surface area is 119 Å². The van der Waals surface area contributed by atoms with Gasteiger partial charge in [-0.25, -0.2) is 0 Å². The highest BCUT2D eigenvalue weighted by molar-refractivity contribution is 9.10. The minimum Gasteiger partial charge on any atom is -0.385 e. The molecule has 1 N–H and O–H groups in total. The van der Waals surface area contributed by atoms with Gasteiger partial charge in [-0.05, 0) is 51.9 Å². The highest BCUT2D eigenvalue weighted by Gasteiger charge is 2.17. The molecule has 0 saturated heterocycles. The van der Waals surface area contributed by atoms with E-state index in [0.717, 1.165) is 16.7 Å². The molecule has 0 aliphatic heterocycles. The summed E-state index contributed by atoms with van der Waals surface area (Å²) in [6.45, 7) is 10.0. The van der Waals surface area contributed by atoms with Crippen LogP contribution in [0.2, 0.25) is 0 Å². The molecule has 0 saturated carbocycles. The predicted octanol–water partition coefficient (Wildman–Crippen LogP) is 4.66. The molecule has 0 radical (unpaired) electrons. The number of halogens is 1. The zero-order chi connectivity index (χ0) is 13.7. The lowest BCUT2D eigenvalue weighted by molar-refractivity contribution is 0.304. The van der Waals surface area contributed by atoms with Crippen LogP contribution in [0, 0.1) is 29.1 Å². The Morgan fingerprint density at radius 3 is 2.28 bits per heavy atom. The Kier molecular flexibility index (Phi) is 5.68. The molecule has 0 atom stereocenters. The fraction of sp³-hybridized carbons (Fsp3) is 0.533. The number of nitrogens with one attached hydrogen (secondary N) is 1. The van der Waals surface area contributed by atoms with Crippen LogP contribution >= 0.6 is 15.9 Å². The molecule has 98 valence electrons. The highest BCUT2D eigenvalue weighted by Crippen LogP contribution is 2.24.